The van der Waals surface area contributed by atoms with Crippen LogP contribution < -0.4 is 0 Å². The van der Waals surface area contributed by atoms with Crippen molar-refractivity contribution in [2.24, 2.45) is 5.41 Å². The molecule has 0 aromatic heterocycles. The third-order valence-corrected chi connectivity index (χ3v) is 5.82. The number of fused-ring (bicyclic) bond motifs is 1. The minimum atomic E-state index is -0.736. The normalized spacial score (nSPS) is 35.7. The molecule has 100 valence electrons. The van der Waals surface area contributed by atoms with Crippen molar-refractivity contribution in [3.63, 3.8) is 0 Å². The van der Waals surface area contributed by atoms with Gasteiger partial charge in [0, 0.05) is 12.0 Å². The smallest absolute Gasteiger partial charge is 0.408 e. The zero-order valence-electron chi connectivity index (χ0n) is 11.1. The monoisotopic (exact) mass is 257 g/mol. The Labute approximate surface area is 113 Å². The number of rotatable bonds is 0. The fourth-order valence-corrected chi connectivity index (χ4v) is 5.18. The Balaban J connectivity index is 1.96. The maximum Gasteiger partial charge on any atom is 0.408 e. The summed E-state index contributed by atoms with van der Waals surface area (Å²) in [5, 5.41) is 9.64. The third kappa shape index (κ3) is 1.17. The predicted octanol–water partition coefficient (Wildman–Crippen LogP) is 3.38. The second kappa shape index (κ2) is 3.53. The summed E-state index contributed by atoms with van der Waals surface area (Å²) in [5.41, 5.74) is 2.66. The highest BCUT2D eigenvalue weighted by atomic mass is 16.4. The molecule has 1 aromatic rings. The van der Waals surface area contributed by atoms with E-state index in [2.05, 4.69) is 24.3 Å². The van der Waals surface area contributed by atoms with Crippen molar-refractivity contribution >= 4 is 6.09 Å². The molecule has 1 saturated carbocycles. The third-order valence-electron chi connectivity index (χ3n) is 5.82. The fourth-order valence-electron chi connectivity index (χ4n) is 5.18. The number of likely N-dealkylation sites (tertiary alicyclic amines) is 1. The van der Waals surface area contributed by atoms with E-state index in [1.807, 2.05) is 0 Å². The van der Waals surface area contributed by atoms with Gasteiger partial charge in [-0.2, -0.15) is 0 Å². The first kappa shape index (κ1) is 11.3. The van der Waals surface area contributed by atoms with Crippen molar-refractivity contribution in [2.45, 2.75) is 44.1 Å². The first-order chi connectivity index (χ1) is 9.20. The van der Waals surface area contributed by atoms with E-state index in [1.165, 1.54) is 24.0 Å². The van der Waals surface area contributed by atoms with Crippen LogP contribution in [0.25, 0.3) is 0 Å². The van der Waals surface area contributed by atoms with Crippen LogP contribution in [-0.2, 0) is 12.0 Å². The van der Waals surface area contributed by atoms with E-state index in [1.54, 1.807) is 4.90 Å². The molecule has 1 aromatic carbocycles. The molecule has 2 atom stereocenters. The van der Waals surface area contributed by atoms with Gasteiger partial charge in [0.05, 0.1) is 5.54 Å². The van der Waals surface area contributed by atoms with Crippen LogP contribution in [0.3, 0.4) is 0 Å². The number of carbonyl (C=O) groups is 1. The molecule has 19 heavy (non-hydrogen) atoms. The van der Waals surface area contributed by atoms with Crippen molar-refractivity contribution < 1.29 is 9.90 Å². The van der Waals surface area contributed by atoms with Crippen LogP contribution in [0.1, 0.15) is 43.2 Å². The zero-order chi connectivity index (χ0) is 13.1. The molecule has 2 unspecified atom stereocenters. The highest BCUT2D eigenvalue weighted by Crippen LogP contribution is 2.65. The van der Waals surface area contributed by atoms with Gasteiger partial charge in [-0.3, -0.25) is 4.90 Å². The minimum Gasteiger partial charge on any atom is -0.465 e. The van der Waals surface area contributed by atoms with Gasteiger partial charge in [0.25, 0.3) is 0 Å². The van der Waals surface area contributed by atoms with Crippen molar-refractivity contribution in [3.8, 4) is 0 Å². The summed E-state index contributed by atoms with van der Waals surface area (Å²) < 4.78 is 0. The van der Waals surface area contributed by atoms with E-state index < -0.39 is 6.09 Å². The van der Waals surface area contributed by atoms with Gasteiger partial charge < -0.3 is 5.11 Å². The molecule has 0 radical (unpaired) electrons. The Kier molecular flexibility index (Phi) is 2.10. The van der Waals surface area contributed by atoms with Crippen molar-refractivity contribution in [2.75, 3.05) is 6.54 Å². The first-order valence-corrected chi connectivity index (χ1v) is 7.29. The van der Waals surface area contributed by atoms with Gasteiger partial charge in [-0.05, 0) is 36.8 Å². The molecule has 0 spiro atoms. The Morgan fingerprint density at radius 1 is 1.16 bits per heavy atom. The Morgan fingerprint density at radius 3 is 2.79 bits per heavy atom. The SMILES string of the molecule is O=C(O)N1CCC23CCCCC12c1ccccc1C3. The lowest BCUT2D eigenvalue weighted by Crippen LogP contribution is -2.52. The zero-order valence-corrected chi connectivity index (χ0v) is 11.1. The highest BCUT2D eigenvalue weighted by molar-refractivity contribution is 5.69. The van der Waals surface area contributed by atoms with E-state index in [-0.39, 0.29) is 11.0 Å². The number of benzene rings is 1. The molecule has 2 fully saturated rings. The van der Waals surface area contributed by atoms with Crippen LogP contribution in [0.15, 0.2) is 24.3 Å². The predicted molar refractivity (Wildman–Crippen MR) is 72.1 cm³/mol. The molecule has 1 amide bonds. The van der Waals surface area contributed by atoms with E-state index in [0.29, 0.717) is 6.54 Å². The van der Waals surface area contributed by atoms with Crippen LogP contribution in [0.2, 0.25) is 0 Å². The van der Waals surface area contributed by atoms with Crippen LogP contribution in [0.4, 0.5) is 4.79 Å². The molecule has 1 saturated heterocycles. The van der Waals surface area contributed by atoms with Gasteiger partial charge >= 0.3 is 6.09 Å². The van der Waals surface area contributed by atoms with Crippen molar-refractivity contribution in [3.05, 3.63) is 35.4 Å². The molecular weight excluding hydrogens is 238 g/mol. The topological polar surface area (TPSA) is 40.5 Å². The number of amides is 1. The molecule has 3 heteroatoms. The summed E-state index contributed by atoms with van der Waals surface area (Å²) >= 11 is 0. The number of hydrogen-bond acceptors (Lipinski definition) is 1. The summed E-state index contributed by atoms with van der Waals surface area (Å²) in [5.74, 6) is 0. The molecule has 3 nitrogen and oxygen atoms in total. The minimum absolute atomic E-state index is 0.188. The van der Waals surface area contributed by atoms with Crippen LogP contribution in [0.5, 0.6) is 0 Å². The molecule has 1 aliphatic heterocycles. The summed E-state index contributed by atoms with van der Waals surface area (Å²) in [6.45, 7) is 0.712. The van der Waals surface area contributed by atoms with Gasteiger partial charge in [0.1, 0.15) is 0 Å². The van der Waals surface area contributed by atoms with Crippen molar-refractivity contribution in [1.82, 2.24) is 4.90 Å². The quantitative estimate of drug-likeness (QED) is 0.774. The molecular formula is C16H19NO2. The van der Waals surface area contributed by atoms with E-state index in [0.717, 1.165) is 25.7 Å². The summed E-state index contributed by atoms with van der Waals surface area (Å²) in [7, 11) is 0. The summed E-state index contributed by atoms with van der Waals surface area (Å²) in [4.78, 5) is 13.5. The lowest BCUT2D eigenvalue weighted by Gasteiger charge is -2.48. The Morgan fingerprint density at radius 2 is 1.95 bits per heavy atom. The molecule has 0 bridgehead atoms. The number of carboxylic acid groups (broad SMARTS) is 1. The first-order valence-electron chi connectivity index (χ1n) is 7.29. The molecule has 1 N–H and O–H groups in total. The highest BCUT2D eigenvalue weighted by Gasteiger charge is 2.65. The molecule has 3 aliphatic rings. The van der Waals surface area contributed by atoms with Gasteiger partial charge in [-0.1, -0.05) is 37.1 Å². The maximum atomic E-state index is 11.7. The van der Waals surface area contributed by atoms with E-state index >= 15 is 0 Å². The lowest BCUT2D eigenvalue weighted by atomic mass is 9.62. The fraction of sp³-hybridized carbons (Fsp3) is 0.562. The van der Waals surface area contributed by atoms with E-state index in [4.69, 9.17) is 0 Å². The standard InChI is InChI=1S/C16H19NO2/c18-14(19)17-10-9-15-7-3-4-8-16(15,17)13-6-2-1-5-12(13)11-15/h1-2,5-6H,3-4,7-11H2,(H,18,19). The second-order valence-corrected chi connectivity index (χ2v) is 6.37. The van der Waals surface area contributed by atoms with Crippen LogP contribution in [-0.4, -0.2) is 22.6 Å². The summed E-state index contributed by atoms with van der Waals surface area (Å²) in [6, 6.07) is 8.52. The second-order valence-electron chi connectivity index (χ2n) is 6.37. The van der Waals surface area contributed by atoms with Crippen LogP contribution >= 0.6 is 0 Å². The molecule has 2 aliphatic carbocycles. The average molecular weight is 257 g/mol. The summed E-state index contributed by atoms with van der Waals surface area (Å²) in [6.07, 6.45) is 5.98. The Bertz CT molecular complexity index is 555. The lowest BCUT2D eigenvalue weighted by molar-refractivity contribution is 0.0112. The Hall–Kier alpha value is -1.51. The van der Waals surface area contributed by atoms with Crippen molar-refractivity contribution in [1.29, 1.82) is 0 Å². The largest absolute Gasteiger partial charge is 0.465 e. The van der Waals surface area contributed by atoms with Crippen LogP contribution in [0, 0.1) is 5.41 Å². The molecule has 4 rings (SSSR count). The number of nitrogens with zero attached hydrogens (tertiary/aromatic N) is 1. The maximum absolute atomic E-state index is 11.7. The van der Waals surface area contributed by atoms with Gasteiger partial charge in [-0.25, -0.2) is 4.79 Å². The van der Waals surface area contributed by atoms with Gasteiger partial charge in [0.2, 0.25) is 0 Å². The molecule has 1 heterocycles. The number of hydrogen-bond donors (Lipinski definition) is 1. The van der Waals surface area contributed by atoms with Gasteiger partial charge in [-0.15, -0.1) is 0 Å². The van der Waals surface area contributed by atoms with E-state index in [9.17, 15) is 9.90 Å². The van der Waals surface area contributed by atoms with Gasteiger partial charge in [0.15, 0.2) is 0 Å². The average Bonchev–Trinajstić information content (AvgIpc) is 2.88.